The summed E-state index contributed by atoms with van der Waals surface area (Å²) in [4.78, 5) is 0. The summed E-state index contributed by atoms with van der Waals surface area (Å²) in [6.45, 7) is 6.44. The van der Waals surface area contributed by atoms with Crippen LogP contribution in [0, 0.1) is 0 Å². The minimum Gasteiger partial charge on any atom is -0.502 e. The molecule has 0 saturated heterocycles. The highest BCUT2D eigenvalue weighted by Gasteiger charge is 1.56. The van der Waals surface area contributed by atoms with Crippen LogP contribution < -0.4 is 5.73 Å². The number of hydrogen-bond acceptors (Lipinski definition) is 3. The fourth-order valence-electron chi connectivity index (χ4n) is 0.118. The molecular formula is C6H15NO2. The van der Waals surface area contributed by atoms with Crippen molar-refractivity contribution >= 4 is 0 Å². The fraction of sp³-hybridized carbons (Fsp3) is 0.667. The zero-order chi connectivity index (χ0) is 7.54. The molecule has 0 aromatic rings. The molecule has 3 heteroatoms. The SMILES string of the molecule is C=COCC.NCCO. The molecule has 0 fully saturated rings. The normalized spacial score (nSPS) is 7.00. The number of hydrogen-bond donors (Lipinski definition) is 2. The van der Waals surface area contributed by atoms with Gasteiger partial charge in [0.2, 0.25) is 0 Å². The Kier molecular flexibility index (Phi) is 19.6. The zero-order valence-electron chi connectivity index (χ0n) is 5.84. The van der Waals surface area contributed by atoms with E-state index in [4.69, 9.17) is 10.8 Å². The summed E-state index contributed by atoms with van der Waals surface area (Å²) in [6.07, 6.45) is 1.43. The minimum absolute atomic E-state index is 0.0972. The molecule has 0 aromatic carbocycles. The predicted molar refractivity (Wildman–Crippen MR) is 38.0 cm³/mol. The topological polar surface area (TPSA) is 55.5 Å². The molecule has 0 bridgehead atoms. The summed E-state index contributed by atoms with van der Waals surface area (Å²) in [5, 5.41) is 7.75. The molecule has 0 atom stereocenters. The van der Waals surface area contributed by atoms with E-state index in [0.29, 0.717) is 6.54 Å². The molecule has 0 aromatic heterocycles. The Morgan fingerprint density at radius 2 is 2.22 bits per heavy atom. The van der Waals surface area contributed by atoms with Crippen molar-refractivity contribution < 1.29 is 9.84 Å². The largest absolute Gasteiger partial charge is 0.502 e. The second kappa shape index (κ2) is 15.7. The summed E-state index contributed by atoms with van der Waals surface area (Å²) in [5.41, 5.74) is 4.78. The Morgan fingerprint density at radius 3 is 2.22 bits per heavy atom. The van der Waals surface area contributed by atoms with Gasteiger partial charge in [-0.3, -0.25) is 0 Å². The third kappa shape index (κ3) is 36.7. The van der Waals surface area contributed by atoms with Crippen molar-refractivity contribution in [2.24, 2.45) is 5.73 Å². The molecule has 3 nitrogen and oxygen atoms in total. The van der Waals surface area contributed by atoms with Crippen molar-refractivity contribution in [3.05, 3.63) is 12.8 Å². The molecule has 56 valence electrons. The third-order valence-electron chi connectivity index (χ3n) is 0.414. The summed E-state index contributed by atoms with van der Waals surface area (Å²) in [7, 11) is 0. The first-order chi connectivity index (χ1) is 4.33. The Morgan fingerprint density at radius 1 is 1.78 bits per heavy atom. The van der Waals surface area contributed by atoms with Crippen LogP contribution in [-0.4, -0.2) is 24.9 Å². The van der Waals surface area contributed by atoms with Crippen LogP contribution in [-0.2, 0) is 4.74 Å². The molecular weight excluding hydrogens is 118 g/mol. The number of nitrogens with two attached hydrogens (primary N) is 1. The number of ether oxygens (including phenoxy) is 1. The van der Waals surface area contributed by atoms with Gasteiger partial charge in [-0.05, 0) is 6.92 Å². The number of aliphatic hydroxyl groups excluding tert-OH is 1. The van der Waals surface area contributed by atoms with Gasteiger partial charge in [-0.1, -0.05) is 6.58 Å². The van der Waals surface area contributed by atoms with E-state index in [2.05, 4.69) is 11.3 Å². The van der Waals surface area contributed by atoms with Crippen molar-refractivity contribution in [2.45, 2.75) is 6.92 Å². The molecule has 0 aliphatic rings. The van der Waals surface area contributed by atoms with Crippen molar-refractivity contribution in [3.8, 4) is 0 Å². The Labute approximate surface area is 56.1 Å². The molecule has 0 rings (SSSR count). The van der Waals surface area contributed by atoms with E-state index >= 15 is 0 Å². The van der Waals surface area contributed by atoms with Crippen LogP contribution >= 0.6 is 0 Å². The maximum absolute atomic E-state index is 7.75. The van der Waals surface area contributed by atoms with Crippen LogP contribution in [0.3, 0.4) is 0 Å². The highest BCUT2D eigenvalue weighted by molar-refractivity contribution is 4.45. The lowest BCUT2D eigenvalue weighted by atomic mass is 10.8. The molecule has 0 radical (unpaired) electrons. The molecule has 9 heavy (non-hydrogen) atoms. The molecule has 0 aliphatic heterocycles. The van der Waals surface area contributed by atoms with Crippen LogP contribution in [0.15, 0.2) is 12.8 Å². The molecule has 0 unspecified atom stereocenters. The average Bonchev–Trinajstić information content (AvgIpc) is 1.91. The van der Waals surface area contributed by atoms with Crippen molar-refractivity contribution in [3.63, 3.8) is 0 Å². The van der Waals surface area contributed by atoms with E-state index in [-0.39, 0.29) is 6.61 Å². The first-order valence-electron chi connectivity index (χ1n) is 2.86. The van der Waals surface area contributed by atoms with Crippen molar-refractivity contribution in [1.82, 2.24) is 0 Å². The lowest BCUT2D eigenvalue weighted by molar-refractivity contribution is 0.270. The zero-order valence-corrected chi connectivity index (χ0v) is 5.84. The predicted octanol–water partition coefficient (Wildman–Crippen LogP) is 0.104. The maximum atomic E-state index is 7.75. The summed E-state index contributed by atoms with van der Waals surface area (Å²) in [5.74, 6) is 0. The van der Waals surface area contributed by atoms with Crippen molar-refractivity contribution in [1.29, 1.82) is 0 Å². The number of aliphatic hydroxyl groups is 1. The van der Waals surface area contributed by atoms with Gasteiger partial charge in [0.05, 0.1) is 19.5 Å². The lowest BCUT2D eigenvalue weighted by Gasteiger charge is -1.84. The third-order valence-corrected chi connectivity index (χ3v) is 0.414. The van der Waals surface area contributed by atoms with E-state index in [1.54, 1.807) is 0 Å². The first kappa shape index (κ1) is 11.3. The Hall–Kier alpha value is -0.540. The maximum Gasteiger partial charge on any atom is 0.0844 e. The van der Waals surface area contributed by atoms with E-state index in [9.17, 15) is 0 Å². The molecule has 0 saturated carbocycles. The average molecular weight is 133 g/mol. The van der Waals surface area contributed by atoms with Crippen LogP contribution in [0.5, 0.6) is 0 Å². The molecule has 0 amide bonds. The summed E-state index contributed by atoms with van der Waals surface area (Å²) >= 11 is 0. The van der Waals surface area contributed by atoms with Gasteiger partial charge in [-0.2, -0.15) is 0 Å². The van der Waals surface area contributed by atoms with Crippen LogP contribution in [0.4, 0.5) is 0 Å². The quantitative estimate of drug-likeness (QED) is 0.537. The van der Waals surface area contributed by atoms with Crippen LogP contribution in [0.2, 0.25) is 0 Å². The van der Waals surface area contributed by atoms with E-state index in [1.807, 2.05) is 6.92 Å². The Balaban J connectivity index is 0. The smallest absolute Gasteiger partial charge is 0.0844 e. The standard InChI is InChI=1S/C4H8O.C2H7NO/c1-3-5-4-2;3-1-2-4/h3H,1,4H2,2H3;4H,1-3H2. The number of rotatable bonds is 3. The minimum atomic E-state index is 0.0972. The van der Waals surface area contributed by atoms with Gasteiger partial charge in [-0.15, -0.1) is 0 Å². The van der Waals surface area contributed by atoms with Crippen LogP contribution in [0.25, 0.3) is 0 Å². The summed E-state index contributed by atoms with van der Waals surface area (Å²) in [6, 6.07) is 0. The highest BCUT2D eigenvalue weighted by Crippen LogP contribution is 1.65. The van der Waals surface area contributed by atoms with E-state index in [0.717, 1.165) is 6.61 Å². The van der Waals surface area contributed by atoms with Gasteiger partial charge < -0.3 is 15.6 Å². The first-order valence-corrected chi connectivity index (χ1v) is 2.86. The van der Waals surface area contributed by atoms with E-state index in [1.165, 1.54) is 6.26 Å². The van der Waals surface area contributed by atoms with Gasteiger partial charge in [0.25, 0.3) is 0 Å². The molecule has 0 aliphatic carbocycles. The summed E-state index contributed by atoms with van der Waals surface area (Å²) < 4.78 is 4.60. The van der Waals surface area contributed by atoms with E-state index < -0.39 is 0 Å². The lowest BCUT2D eigenvalue weighted by Crippen LogP contribution is -2.02. The second-order valence-electron chi connectivity index (χ2n) is 1.13. The van der Waals surface area contributed by atoms with Gasteiger partial charge >= 0.3 is 0 Å². The molecule has 0 spiro atoms. The van der Waals surface area contributed by atoms with Gasteiger partial charge in [0.1, 0.15) is 0 Å². The van der Waals surface area contributed by atoms with Gasteiger partial charge in [0, 0.05) is 6.54 Å². The van der Waals surface area contributed by atoms with Gasteiger partial charge in [0.15, 0.2) is 0 Å². The molecule has 3 N–H and O–H groups in total. The van der Waals surface area contributed by atoms with Gasteiger partial charge in [-0.25, -0.2) is 0 Å². The second-order valence-corrected chi connectivity index (χ2v) is 1.13. The Bertz CT molecular complexity index is 46.3. The van der Waals surface area contributed by atoms with Crippen molar-refractivity contribution in [2.75, 3.05) is 19.8 Å². The monoisotopic (exact) mass is 133 g/mol. The highest BCUT2D eigenvalue weighted by atomic mass is 16.5. The molecule has 0 heterocycles. The fourth-order valence-corrected chi connectivity index (χ4v) is 0.118. The van der Waals surface area contributed by atoms with Crippen LogP contribution in [0.1, 0.15) is 6.92 Å².